The molecule has 7 atom stereocenters. The molecule has 15 nitrogen and oxygen atoms in total. The molecule has 4 N–H and O–H groups in total. The van der Waals surface area contributed by atoms with E-state index in [2.05, 4.69) is 25.8 Å². The molecule has 1 unspecified atom stereocenters. The zero-order valence-electron chi connectivity index (χ0n) is 39.9. The number of hydrogen-bond acceptors (Lipinski definition) is 11. The van der Waals surface area contributed by atoms with Gasteiger partial charge in [0.2, 0.25) is 11.8 Å². The second-order valence-corrected chi connectivity index (χ2v) is 19.7. The molecule has 16 heteroatoms. The molecule has 64 heavy (non-hydrogen) atoms. The van der Waals surface area contributed by atoms with Crippen molar-refractivity contribution in [3.8, 4) is 0 Å². The number of rotatable bonds is 25. The molecule has 1 aromatic carbocycles. The Morgan fingerprint density at radius 3 is 2.28 bits per heavy atom. The molecule has 1 fully saturated rings. The number of piperidine rings is 1. The van der Waals surface area contributed by atoms with Gasteiger partial charge in [-0.25, -0.2) is 9.78 Å². The number of ether oxygens (including phenoxy) is 2. The number of nitrogens with zero attached hydrogens (tertiary/aromatic N) is 3. The number of aromatic nitrogens is 1. The summed E-state index contributed by atoms with van der Waals surface area (Å²) in [5, 5.41) is 20.5. The fourth-order valence-corrected chi connectivity index (χ4v) is 8.92. The maximum atomic E-state index is 14.5. The van der Waals surface area contributed by atoms with Crippen LogP contribution < -0.4 is 16.0 Å². The van der Waals surface area contributed by atoms with Crippen molar-refractivity contribution in [2.75, 3.05) is 26.7 Å². The molecule has 0 aliphatic carbocycles. The van der Waals surface area contributed by atoms with Gasteiger partial charge in [0.1, 0.15) is 22.3 Å². The van der Waals surface area contributed by atoms with Crippen LogP contribution in [0.2, 0.25) is 0 Å². The van der Waals surface area contributed by atoms with Crippen molar-refractivity contribution in [2.24, 2.45) is 17.8 Å². The van der Waals surface area contributed by atoms with Gasteiger partial charge in [-0.2, -0.15) is 0 Å². The van der Waals surface area contributed by atoms with Crippen molar-refractivity contribution >= 4 is 47.1 Å². The van der Waals surface area contributed by atoms with Crippen LogP contribution in [-0.4, -0.2) is 112 Å². The molecule has 0 bridgehead atoms. The Morgan fingerprint density at radius 2 is 1.66 bits per heavy atom. The van der Waals surface area contributed by atoms with Crippen molar-refractivity contribution in [3.05, 3.63) is 52.0 Å². The smallest absolute Gasteiger partial charge is 0.407 e. The number of benzene rings is 1. The first-order valence-corrected chi connectivity index (χ1v) is 24.1. The van der Waals surface area contributed by atoms with Gasteiger partial charge >= 0.3 is 18.0 Å². The SMILES string of the molecule is CC[C@H](C)[C@H](NC(=O)C1CCCCN1CCCCCCNC(=O)OC(C)(C)C)C(=O)N(C)[C@H](C[C@@H](OC(C)=O)c1nc(C(=O)N[C@@H](Cc2ccccc2)C[C@H](C)C(=O)O)cs1)C(C)C. The van der Waals surface area contributed by atoms with E-state index in [0.717, 1.165) is 57.2 Å². The molecule has 358 valence electrons. The lowest BCUT2D eigenvalue weighted by Crippen LogP contribution is -2.58. The molecular formula is C48H76N6O9S. The summed E-state index contributed by atoms with van der Waals surface area (Å²) in [6.07, 6.45) is 6.54. The summed E-state index contributed by atoms with van der Waals surface area (Å²) in [7, 11) is 1.72. The predicted octanol–water partition coefficient (Wildman–Crippen LogP) is 7.54. The van der Waals surface area contributed by atoms with Gasteiger partial charge in [0, 0.05) is 44.4 Å². The first-order valence-electron chi connectivity index (χ1n) is 23.2. The Labute approximate surface area is 385 Å². The van der Waals surface area contributed by atoms with Crippen LogP contribution in [0.25, 0.3) is 0 Å². The zero-order valence-corrected chi connectivity index (χ0v) is 40.8. The highest BCUT2D eigenvalue weighted by molar-refractivity contribution is 7.09. The van der Waals surface area contributed by atoms with E-state index in [-0.39, 0.29) is 48.2 Å². The monoisotopic (exact) mass is 913 g/mol. The minimum atomic E-state index is -0.952. The van der Waals surface area contributed by atoms with E-state index < -0.39 is 59.7 Å². The lowest BCUT2D eigenvalue weighted by molar-refractivity contribution is -0.149. The summed E-state index contributed by atoms with van der Waals surface area (Å²) in [5.41, 5.74) is 0.535. The van der Waals surface area contributed by atoms with E-state index in [4.69, 9.17) is 9.47 Å². The highest BCUT2D eigenvalue weighted by Crippen LogP contribution is 2.31. The van der Waals surface area contributed by atoms with Crippen LogP contribution in [0.4, 0.5) is 4.79 Å². The molecule has 0 spiro atoms. The van der Waals surface area contributed by atoms with Crippen LogP contribution in [0.1, 0.15) is 154 Å². The molecule has 2 heterocycles. The number of nitrogens with one attached hydrogen (secondary N) is 3. The van der Waals surface area contributed by atoms with Crippen molar-refractivity contribution in [3.63, 3.8) is 0 Å². The number of carboxylic acid groups (broad SMARTS) is 1. The third-order valence-corrected chi connectivity index (χ3v) is 12.8. The number of thiazole rings is 1. The van der Waals surface area contributed by atoms with Crippen molar-refractivity contribution < 1.29 is 43.3 Å². The third kappa shape index (κ3) is 18.1. The minimum Gasteiger partial charge on any atom is -0.481 e. The largest absolute Gasteiger partial charge is 0.481 e. The Balaban J connectivity index is 1.70. The number of alkyl carbamates (subject to hydrolysis) is 1. The number of amides is 4. The summed E-state index contributed by atoms with van der Waals surface area (Å²) in [4.78, 5) is 86.9. The number of carbonyl (C=O) groups is 6. The van der Waals surface area contributed by atoms with Gasteiger partial charge < -0.3 is 35.4 Å². The number of likely N-dealkylation sites (tertiary alicyclic amines) is 1. The highest BCUT2D eigenvalue weighted by atomic mass is 32.1. The van der Waals surface area contributed by atoms with Gasteiger partial charge in [-0.3, -0.25) is 28.9 Å². The summed E-state index contributed by atoms with van der Waals surface area (Å²) in [6.45, 7) is 18.5. The predicted molar refractivity (Wildman–Crippen MR) is 249 cm³/mol. The van der Waals surface area contributed by atoms with Crippen molar-refractivity contribution in [1.82, 2.24) is 30.7 Å². The normalized spacial score (nSPS) is 17.3. The lowest BCUT2D eigenvalue weighted by Gasteiger charge is -2.39. The Bertz CT molecular complexity index is 1800. The molecule has 1 aliphatic heterocycles. The average Bonchev–Trinajstić information content (AvgIpc) is 3.73. The summed E-state index contributed by atoms with van der Waals surface area (Å²) in [5.74, 6) is -3.27. The first-order chi connectivity index (χ1) is 30.2. The van der Waals surface area contributed by atoms with E-state index >= 15 is 0 Å². The number of likely N-dealkylation sites (N-methyl/N-ethyl adjacent to an activating group) is 1. The molecule has 2 aromatic rings. The Kier molecular flexibility index (Phi) is 22.2. The molecule has 3 rings (SSSR count). The van der Waals surface area contributed by atoms with Gasteiger partial charge in [0.25, 0.3) is 5.91 Å². The summed E-state index contributed by atoms with van der Waals surface area (Å²) >= 11 is 1.18. The van der Waals surface area contributed by atoms with Crippen LogP contribution in [0, 0.1) is 17.8 Å². The Hall–Kier alpha value is -4.57. The van der Waals surface area contributed by atoms with Gasteiger partial charge in [-0.15, -0.1) is 11.3 Å². The van der Waals surface area contributed by atoms with E-state index in [1.165, 1.54) is 18.3 Å². The second kappa shape index (κ2) is 26.4. The lowest BCUT2D eigenvalue weighted by atomic mass is 9.92. The quantitative estimate of drug-likeness (QED) is 0.0568. The maximum absolute atomic E-state index is 14.5. The topological polar surface area (TPSA) is 197 Å². The Morgan fingerprint density at radius 1 is 0.969 bits per heavy atom. The van der Waals surface area contributed by atoms with E-state index in [9.17, 15) is 33.9 Å². The van der Waals surface area contributed by atoms with Gasteiger partial charge in [-0.1, -0.05) is 90.6 Å². The number of unbranched alkanes of at least 4 members (excludes halogenated alkanes) is 3. The van der Waals surface area contributed by atoms with Crippen molar-refractivity contribution in [2.45, 2.75) is 169 Å². The molecule has 1 aliphatic rings. The van der Waals surface area contributed by atoms with Crippen LogP contribution in [0.5, 0.6) is 0 Å². The molecule has 1 saturated heterocycles. The minimum absolute atomic E-state index is 0.0834. The average molecular weight is 913 g/mol. The fourth-order valence-electron chi connectivity index (χ4n) is 8.08. The molecule has 0 saturated carbocycles. The number of carboxylic acids is 1. The fraction of sp³-hybridized carbons (Fsp3) is 0.688. The molecule has 1 aromatic heterocycles. The van der Waals surface area contributed by atoms with Crippen LogP contribution in [0.3, 0.4) is 0 Å². The molecule has 4 amide bonds. The van der Waals surface area contributed by atoms with Crippen molar-refractivity contribution in [1.29, 1.82) is 0 Å². The van der Waals surface area contributed by atoms with Crippen LogP contribution >= 0.6 is 11.3 Å². The summed E-state index contributed by atoms with van der Waals surface area (Å²) in [6, 6.07) is 7.50. The second-order valence-electron chi connectivity index (χ2n) is 18.8. The highest BCUT2D eigenvalue weighted by Gasteiger charge is 2.38. The van der Waals surface area contributed by atoms with Gasteiger partial charge in [0.15, 0.2) is 6.10 Å². The first kappa shape index (κ1) is 53.8. The number of hydrogen-bond donors (Lipinski definition) is 4. The van der Waals surface area contributed by atoms with Crippen LogP contribution in [-0.2, 0) is 35.1 Å². The molecule has 0 radical (unpaired) electrons. The summed E-state index contributed by atoms with van der Waals surface area (Å²) < 4.78 is 11.1. The molecular weight excluding hydrogens is 837 g/mol. The number of carbonyl (C=O) groups excluding carboxylic acids is 5. The standard InChI is InChI=1S/C48H76N6O9S/c1-11-32(4)41(52-43(57)38-23-17-20-26-54(38)25-19-13-12-18-24-49-47(61)63-48(7,8)9)45(58)53(10)39(31(2)3)29-40(62-34(6)55)44-51-37(30-64-44)42(56)50-36(27-33(5)46(59)60)28-35-21-15-14-16-22-35/h14-16,21-22,30-33,36,38-41H,11-13,17-20,23-29H2,1-10H3,(H,49,61)(H,50,56)(H,52,57)(H,59,60)/t32-,33-,36+,38?,39+,40+,41-/m0/s1. The van der Waals surface area contributed by atoms with E-state index in [0.29, 0.717) is 30.8 Å². The van der Waals surface area contributed by atoms with Crippen LogP contribution in [0.15, 0.2) is 35.7 Å². The van der Waals surface area contributed by atoms with Gasteiger partial charge in [-0.05, 0) is 89.8 Å². The number of esters is 1. The third-order valence-electron chi connectivity index (χ3n) is 11.9. The van der Waals surface area contributed by atoms with Gasteiger partial charge in [0.05, 0.1) is 12.0 Å². The zero-order chi connectivity index (χ0) is 47.6. The maximum Gasteiger partial charge on any atom is 0.407 e. The van der Waals surface area contributed by atoms with E-state index in [1.807, 2.05) is 78.8 Å². The number of aliphatic carboxylic acids is 1. The van der Waals surface area contributed by atoms with E-state index in [1.54, 1.807) is 24.3 Å².